The van der Waals surface area contributed by atoms with Gasteiger partial charge in [-0.3, -0.25) is 10.6 Å². The molecule has 102 valence electrons. The van der Waals surface area contributed by atoms with Crippen molar-refractivity contribution in [2.75, 3.05) is 0 Å². The molecule has 0 bridgehead atoms. The predicted molar refractivity (Wildman–Crippen MR) is 80.1 cm³/mol. The highest BCUT2D eigenvalue weighted by molar-refractivity contribution is 5.84. The van der Waals surface area contributed by atoms with Crippen LogP contribution >= 0.6 is 0 Å². The third-order valence-corrected chi connectivity index (χ3v) is 4.81. The Kier molecular flexibility index (Phi) is 2.57. The smallest absolute Gasteiger partial charge is 0.0865 e. The minimum absolute atomic E-state index is 0.0641. The Morgan fingerprint density at radius 2 is 1.58 bits per heavy atom. The third kappa shape index (κ3) is 1.80. The fraction of sp³-hybridized carbons (Fsp3) is 0.500. The van der Waals surface area contributed by atoms with E-state index in [4.69, 9.17) is 0 Å². The first-order chi connectivity index (χ1) is 8.82. The van der Waals surface area contributed by atoms with E-state index in [0.717, 1.165) is 0 Å². The van der Waals surface area contributed by atoms with E-state index in [9.17, 15) is 0 Å². The van der Waals surface area contributed by atoms with E-state index in [0.29, 0.717) is 0 Å². The molecule has 0 radical (unpaired) electrons. The standard InChI is InChI=1S/C16H23N3/c1-15(2)16(3,4)18-14(17-15)12-10-19(5)13-9-7-6-8-11(12)13/h6-10,14,17-18H,1-5H3. The van der Waals surface area contributed by atoms with Gasteiger partial charge >= 0.3 is 0 Å². The van der Waals surface area contributed by atoms with Gasteiger partial charge in [0.15, 0.2) is 0 Å². The van der Waals surface area contributed by atoms with E-state index in [1.165, 1.54) is 16.5 Å². The maximum atomic E-state index is 3.72. The molecule has 0 amide bonds. The van der Waals surface area contributed by atoms with Gasteiger partial charge in [-0.25, -0.2) is 0 Å². The summed E-state index contributed by atoms with van der Waals surface area (Å²) in [7, 11) is 2.11. The molecule has 1 aromatic heterocycles. The molecule has 3 rings (SSSR count). The summed E-state index contributed by atoms with van der Waals surface area (Å²) in [5.74, 6) is 0. The Bertz CT molecular complexity index is 606. The summed E-state index contributed by atoms with van der Waals surface area (Å²) in [6.07, 6.45) is 2.43. The lowest BCUT2D eigenvalue weighted by molar-refractivity contribution is 0.295. The summed E-state index contributed by atoms with van der Waals surface area (Å²) in [6, 6.07) is 8.57. The van der Waals surface area contributed by atoms with Crippen molar-refractivity contribution in [2.45, 2.75) is 44.9 Å². The predicted octanol–water partition coefficient (Wildman–Crippen LogP) is 2.93. The number of benzene rings is 1. The molecule has 1 aliphatic heterocycles. The van der Waals surface area contributed by atoms with E-state index in [1.807, 2.05) is 0 Å². The van der Waals surface area contributed by atoms with E-state index >= 15 is 0 Å². The maximum absolute atomic E-state index is 3.72. The van der Waals surface area contributed by atoms with E-state index in [1.54, 1.807) is 0 Å². The number of fused-ring (bicyclic) bond motifs is 1. The van der Waals surface area contributed by atoms with Crippen LogP contribution in [0.1, 0.15) is 39.4 Å². The zero-order chi connectivity index (χ0) is 13.8. The Morgan fingerprint density at radius 1 is 1.00 bits per heavy atom. The first-order valence-electron chi connectivity index (χ1n) is 6.91. The Labute approximate surface area is 115 Å². The van der Waals surface area contributed by atoms with Gasteiger partial charge in [-0.1, -0.05) is 18.2 Å². The van der Waals surface area contributed by atoms with Crippen molar-refractivity contribution in [3.05, 3.63) is 36.0 Å². The largest absolute Gasteiger partial charge is 0.350 e. The van der Waals surface area contributed by atoms with E-state index < -0.39 is 0 Å². The number of nitrogens with one attached hydrogen (secondary N) is 2. The van der Waals surface area contributed by atoms with Gasteiger partial charge < -0.3 is 4.57 Å². The van der Waals surface area contributed by atoms with Gasteiger partial charge in [0.25, 0.3) is 0 Å². The van der Waals surface area contributed by atoms with Crippen LogP contribution in [0.2, 0.25) is 0 Å². The van der Waals surface area contributed by atoms with E-state index in [-0.39, 0.29) is 17.2 Å². The van der Waals surface area contributed by atoms with Gasteiger partial charge in [0, 0.05) is 40.8 Å². The summed E-state index contributed by atoms with van der Waals surface area (Å²) < 4.78 is 2.20. The van der Waals surface area contributed by atoms with Crippen molar-refractivity contribution in [1.82, 2.24) is 15.2 Å². The van der Waals surface area contributed by atoms with Crippen molar-refractivity contribution >= 4 is 10.9 Å². The SMILES string of the molecule is Cn1cc(C2NC(C)(C)C(C)(C)N2)c2ccccc21. The van der Waals surface area contributed by atoms with Crippen LogP contribution in [0.25, 0.3) is 10.9 Å². The highest BCUT2D eigenvalue weighted by atomic mass is 15.3. The summed E-state index contributed by atoms with van der Waals surface area (Å²) in [4.78, 5) is 0. The topological polar surface area (TPSA) is 29.0 Å². The number of rotatable bonds is 1. The molecule has 1 fully saturated rings. The molecule has 19 heavy (non-hydrogen) atoms. The molecule has 3 nitrogen and oxygen atoms in total. The molecule has 2 aromatic rings. The molecule has 0 saturated carbocycles. The quantitative estimate of drug-likeness (QED) is 0.822. The third-order valence-electron chi connectivity index (χ3n) is 4.81. The highest BCUT2D eigenvalue weighted by Gasteiger charge is 2.46. The zero-order valence-electron chi connectivity index (χ0n) is 12.4. The van der Waals surface area contributed by atoms with Crippen molar-refractivity contribution in [3.8, 4) is 0 Å². The normalized spacial score (nSPS) is 22.2. The molecular formula is C16H23N3. The number of hydrogen-bond acceptors (Lipinski definition) is 2. The fourth-order valence-electron chi connectivity index (χ4n) is 2.88. The Balaban J connectivity index is 2.08. The maximum Gasteiger partial charge on any atom is 0.0865 e. The molecule has 2 N–H and O–H groups in total. The molecule has 1 aromatic carbocycles. The summed E-state index contributed by atoms with van der Waals surface area (Å²) >= 11 is 0. The lowest BCUT2D eigenvalue weighted by Gasteiger charge is -2.33. The van der Waals surface area contributed by atoms with Crippen LogP contribution in [0.5, 0.6) is 0 Å². The molecule has 1 saturated heterocycles. The molecule has 2 heterocycles. The minimum atomic E-state index is 0.0641. The summed E-state index contributed by atoms with van der Waals surface area (Å²) in [5, 5.41) is 8.76. The minimum Gasteiger partial charge on any atom is -0.350 e. The zero-order valence-corrected chi connectivity index (χ0v) is 12.4. The first-order valence-corrected chi connectivity index (χ1v) is 6.91. The Hall–Kier alpha value is -1.32. The molecule has 0 spiro atoms. The number of para-hydroxylation sites is 1. The fourth-order valence-corrected chi connectivity index (χ4v) is 2.88. The van der Waals surface area contributed by atoms with Gasteiger partial charge in [0.05, 0.1) is 6.17 Å². The van der Waals surface area contributed by atoms with Crippen molar-refractivity contribution in [3.63, 3.8) is 0 Å². The Morgan fingerprint density at radius 3 is 2.21 bits per heavy atom. The number of aryl methyl sites for hydroxylation is 1. The number of nitrogens with zero attached hydrogens (tertiary/aromatic N) is 1. The monoisotopic (exact) mass is 257 g/mol. The molecule has 3 heteroatoms. The second-order valence-electron chi connectivity index (χ2n) is 6.68. The average Bonchev–Trinajstić information content (AvgIpc) is 2.76. The van der Waals surface area contributed by atoms with Crippen molar-refractivity contribution in [2.24, 2.45) is 7.05 Å². The first kappa shape index (κ1) is 12.7. The average molecular weight is 257 g/mol. The van der Waals surface area contributed by atoms with Crippen LogP contribution in [0.4, 0.5) is 0 Å². The van der Waals surface area contributed by atoms with Crippen LogP contribution in [0.3, 0.4) is 0 Å². The second kappa shape index (κ2) is 3.84. The van der Waals surface area contributed by atoms with Crippen molar-refractivity contribution < 1.29 is 0 Å². The molecule has 0 aliphatic carbocycles. The molecule has 0 atom stereocenters. The molecule has 0 unspecified atom stereocenters. The number of aromatic nitrogens is 1. The van der Waals surface area contributed by atoms with Crippen LogP contribution in [-0.2, 0) is 7.05 Å². The summed E-state index contributed by atoms with van der Waals surface area (Å²) in [6.45, 7) is 9.02. The summed E-state index contributed by atoms with van der Waals surface area (Å²) in [5.41, 5.74) is 2.74. The van der Waals surface area contributed by atoms with Gasteiger partial charge in [-0.15, -0.1) is 0 Å². The van der Waals surface area contributed by atoms with Crippen molar-refractivity contribution in [1.29, 1.82) is 0 Å². The highest BCUT2D eigenvalue weighted by Crippen LogP contribution is 2.35. The molecule has 1 aliphatic rings. The van der Waals surface area contributed by atoms with Crippen LogP contribution in [0, 0.1) is 0 Å². The van der Waals surface area contributed by atoms with E-state index in [2.05, 4.69) is 80.4 Å². The lowest BCUT2D eigenvalue weighted by Crippen LogP contribution is -2.51. The van der Waals surface area contributed by atoms with Crippen LogP contribution < -0.4 is 10.6 Å². The second-order valence-corrected chi connectivity index (χ2v) is 6.68. The molecular weight excluding hydrogens is 234 g/mol. The van der Waals surface area contributed by atoms with Gasteiger partial charge in [0.2, 0.25) is 0 Å². The van der Waals surface area contributed by atoms with Crippen LogP contribution in [-0.4, -0.2) is 15.6 Å². The van der Waals surface area contributed by atoms with Gasteiger partial charge in [-0.05, 0) is 33.8 Å². The van der Waals surface area contributed by atoms with Gasteiger partial charge in [-0.2, -0.15) is 0 Å². The lowest BCUT2D eigenvalue weighted by atomic mass is 9.85. The van der Waals surface area contributed by atoms with Gasteiger partial charge in [0.1, 0.15) is 0 Å². The number of hydrogen-bond donors (Lipinski definition) is 2. The van der Waals surface area contributed by atoms with Crippen LogP contribution in [0.15, 0.2) is 30.5 Å².